The van der Waals surface area contributed by atoms with E-state index >= 15 is 0 Å². The topological polar surface area (TPSA) is 52.6 Å². The minimum Gasteiger partial charge on any atom is -0.493 e. The van der Waals surface area contributed by atoms with E-state index in [0.29, 0.717) is 41.2 Å². The number of hydrogen-bond acceptors (Lipinski definition) is 4. The summed E-state index contributed by atoms with van der Waals surface area (Å²) >= 11 is 0. The molecular formula is C20H22O4. The molecule has 2 aromatic rings. The van der Waals surface area contributed by atoms with Crippen LogP contribution in [0.25, 0.3) is 10.8 Å². The molecular weight excluding hydrogens is 304 g/mol. The molecule has 0 aromatic heterocycles. The smallest absolute Gasteiger partial charge is 0.237 e. The Bertz CT molecular complexity index is 792. The average Bonchev–Trinajstić information content (AvgIpc) is 2.85. The third-order valence-electron chi connectivity index (χ3n) is 4.29. The summed E-state index contributed by atoms with van der Waals surface area (Å²) < 4.78 is 11.6. The molecule has 0 fully saturated rings. The molecule has 0 aliphatic heterocycles. The van der Waals surface area contributed by atoms with Gasteiger partial charge < -0.3 is 9.47 Å². The molecule has 1 aliphatic carbocycles. The van der Waals surface area contributed by atoms with Crippen LogP contribution >= 0.6 is 0 Å². The van der Waals surface area contributed by atoms with Crippen LogP contribution in [0.4, 0.5) is 0 Å². The third kappa shape index (κ3) is 2.77. The summed E-state index contributed by atoms with van der Waals surface area (Å²) in [5.41, 5.74) is 0.846. The van der Waals surface area contributed by atoms with Gasteiger partial charge in [0.1, 0.15) is 11.5 Å². The van der Waals surface area contributed by atoms with Gasteiger partial charge in [0.15, 0.2) is 0 Å². The van der Waals surface area contributed by atoms with Crippen LogP contribution in [0.2, 0.25) is 0 Å². The van der Waals surface area contributed by atoms with Gasteiger partial charge in [0.05, 0.1) is 18.8 Å². The third-order valence-corrected chi connectivity index (χ3v) is 4.29. The Morgan fingerprint density at radius 1 is 0.792 bits per heavy atom. The molecule has 0 N–H and O–H groups in total. The first kappa shape index (κ1) is 16.5. The number of ketones is 2. The zero-order valence-electron chi connectivity index (χ0n) is 14.2. The lowest BCUT2D eigenvalue weighted by molar-refractivity contribution is 0.0823. The molecule has 0 spiro atoms. The van der Waals surface area contributed by atoms with Crippen LogP contribution in [0, 0.1) is 0 Å². The molecule has 0 radical (unpaired) electrons. The van der Waals surface area contributed by atoms with Gasteiger partial charge in [-0.1, -0.05) is 26.7 Å². The van der Waals surface area contributed by atoms with Crippen LogP contribution in [0.3, 0.4) is 0 Å². The summed E-state index contributed by atoms with van der Waals surface area (Å²) in [6.07, 6.45) is 3.93. The molecule has 0 atom stereocenters. The van der Waals surface area contributed by atoms with Crippen LogP contribution < -0.4 is 9.47 Å². The Morgan fingerprint density at radius 2 is 1.42 bits per heavy atom. The molecule has 0 saturated heterocycles. The van der Waals surface area contributed by atoms with Crippen molar-refractivity contribution in [2.75, 3.05) is 13.2 Å². The van der Waals surface area contributed by atoms with Crippen molar-refractivity contribution in [3.63, 3.8) is 0 Å². The van der Waals surface area contributed by atoms with Crippen LogP contribution in [0.1, 0.15) is 60.2 Å². The zero-order chi connectivity index (χ0) is 17.1. The van der Waals surface area contributed by atoms with E-state index in [2.05, 4.69) is 13.8 Å². The summed E-state index contributed by atoms with van der Waals surface area (Å²) in [7, 11) is 0. The van der Waals surface area contributed by atoms with E-state index in [0.717, 1.165) is 31.1 Å². The van der Waals surface area contributed by atoms with Crippen molar-refractivity contribution >= 4 is 22.3 Å². The van der Waals surface area contributed by atoms with Gasteiger partial charge in [-0.25, -0.2) is 0 Å². The second-order valence-corrected chi connectivity index (χ2v) is 6.03. The number of unbranched alkanes of at least 4 members (excludes halogenated alkanes) is 2. The summed E-state index contributed by atoms with van der Waals surface area (Å²) in [5.74, 6) is 0.277. The maximum absolute atomic E-state index is 12.4. The molecule has 24 heavy (non-hydrogen) atoms. The zero-order valence-corrected chi connectivity index (χ0v) is 14.2. The quantitative estimate of drug-likeness (QED) is 0.526. The first-order valence-electron chi connectivity index (χ1n) is 8.63. The van der Waals surface area contributed by atoms with E-state index in [-0.39, 0.29) is 0 Å². The second-order valence-electron chi connectivity index (χ2n) is 6.03. The van der Waals surface area contributed by atoms with Crippen LogP contribution in [0.15, 0.2) is 24.3 Å². The molecule has 0 saturated carbocycles. The highest BCUT2D eigenvalue weighted by Gasteiger charge is 2.34. The van der Waals surface area contributed by atoms with E-state index in [1.807, 2.05) is 6.07 Å². The van der Waals surface area contributed by atoms with Crippen molar-refractivity contribution < 1.29 is 19.1 Å². The van der Waals surface area contributed by atoms with Crippen molar-refractivity contribution in [2.24, 2.45) is 0 Å². The van der Waals surface area contributed by atoms with E-state index < -0.39 is 11.6 Å². The van der Waals surface area contributed by atoms with Gasteiger partial charge in [-0.05, 0) is 37.1 Å². The van der Waals surface area contributed by atoms with E-state index in [9.17, 15) is 9.59 Å². The molecule has 1 aliphatic rings. The van der Waals surface area contributed by atoms with Gasteiger partial charge >= 0.3 is 0 Å². The summed E-state index contributed by atoms with van der Waals surface area (Å²) in [5, 5.41) is 1.48. The molecule has 0 unspecified atom stereocenters. The van der Waals surface area contributed by atoms with Gasteiger partial charge in [0.2, 0.25) is 11.6 Å². The highest BCUT2D eigenvalue weighted by molar-refractivity contribution is 6.58. The Kier molecular flexibility index (Phi) is 4.84. The highest BCUT2D eigenvalue weighted by Crippen LogP contribution is 2.40. The van der Waals surface area contributed by atoms with Crippen molar-refractivity contribution in [1.82, 2.24) is 0 Å². The van der Waals surface area contributed by atoms with E-state index in [1.54, 1.807) is 18.2 Å². The molecule has 3 rings (SSSR count). The molecule has 0 amide bonds. The number of carbonyl (C=O) groups is 2. The lowest BCUT2D eigenvalue weighted by Gasteiger charge is -2.12. The Labute approximate surface area is 141 Å². The average molecular weight is 326 g/mol. The Balaban J connectivity index is 2.06. The highest BCUT2D eigenvalue weighted by atomic mass is 16.5. The van der Waals surface area contributed by atoms with Crippen molar-refractivity contribution in [2.45, 2.75) is 39.5 Å². The van der Waals surface area contributed by atoms with E-state index in [4.69, 9.17) is 9.47 Å². The Morgan fingerprint density at radius 3 is 2.08 bits per heavy atom. The fraction of sp³-hybridized carbons (Fsp3) is 0.400. The molecule has 2 aromatic carbocycles. The molecule has 4 nitrogen and oxygen atoms in total. The number of benzene rings is 2. The van der Waals surface area contributed by atoms with Crippen molar-refractivity contribution in [3.8, 4) is 11.5 Å². The first-order chi connectivity index (χ1) is 11.7. The van der Waals surface area contributed by atoms with Gasteiger partial charge in [-0.3, -0.25) is 9.59 Å². The lowest BCUT2D eigenvalue weighted by Crippen LogP contribution is -2.08. The summed E-state index contributed by atoms with van der Waals surface area (Å²) in [4.78, 5) is 24.7. The minimum atomic E-state index is -0.479. The van der Waals surface area contributed by atoms with Crippen LogP contribution in [-0.4, -0.2) is 24.8 Å². The lowest BCUT2D eigenvalue weighted by atomic mass is 10.0. The van der Waals surface area contributed by atoms with E-state index in [1.165, 1.54) is 0 Å². The fourth-order valence-electron chi connectivity index (χ4n) is 2.95. The minimum absolute atomic E-state index is 0.393. The number of Topliss-reactive ketones (excluding diaryl/α,β-unsaturated/α-hetero) is 2. The first-order valence-corrected chi connectivity index (χ1v) is 8.63. The summed E-state index contributed by atoms with van der Waals surface area (Å²) in [6, 6.07) is 7.14. The predicted octanol–water partition coefficient (Wildman–Crippen LogP) is 4.58. The second kappa shape index (κ2) is 7.04. The normalized spacial score (nSPS) is 12.9. The van der Waals surface area contributed by atoms with Gasteiger partial charge in [0.25, 0.3) is 0 Å². The fourth-order valence-corrected chi connectivity index (χ4v) is 2.95. The van der Waals surface area contributed by atoms with Gasteiger partial charge in [-0.15, -0.1) is 0 Å². The molecule has 126 valence electrons. The Hall–Kier alpha value is -2.36. The number of ether oxygens (including phenoxy) is 2. The van der Waals surface area contributed by atoms with Gasteiger partial charge in [-0.2, -0.15) is 0 Å². The maximum Gasteiger partial charge on any atom is 0.237 e. The molecule has 0 bridgehead atoms. The monoisotopic (exact) mass is 326 g/mol. The van der Waals surface area contributed by atoms with Crippen molar-refractivity contribution in [3.05, 3.63) is 35.4 Å². The maximum atomic E-state index is 12.4. The number of rotatable bonds is 8. The van der Waals surface area contributed by atoms with Crippen LogP contribution in [-0.2, 0) is 0 Å². The summed E-state index contributed by atoms with van der Waals surface area (Å²) in [6.45, 7) is 5.35. The van der Waals surface area contributed by atoms with Crippen LogP contribution in [0.5, 0.6) is 11.5 Å². The predicted molar refractivity (Wildman–Crippen MR) is 93.4 cm³/mol. The van der Waals surface area contributed by atoms with Crippen molar-refractivity contribution in [1.29, 1.82) is 0 Å². The van der Waals surface area contributed by atoms with Gasteiger partial charge in [0, 0.05) is 16.3 Å². The number of carbonyl (C=O) groups excluding carboxylic acids is 2. The number of hydrogen-bond donors (Lipinski definition) is 0. The molecule has 0 heterocycles. The largest absolute Gasteiger partial charge is 0.493 e. The SMILES string of the molecule is CCCCOc1ccc2c(OCCCC)ccc3c2c1C(=O)C3=O. The molecule has 4 heteroatoms. The standard InChI is InChI=1S/C20H22O4/c1-3-5-11-23-15-9-8-14-17-13(15)7-10-16(24-12-6-4-2)18(17)20(22)19(14)21/h7-10H,3-6,11-12H2,1-2H3.